The van der Waals surface area contributed by atoms with Gasteiger partial charge in [-0.25, -0.2) is 4.98 Å². The molecule has 1 atom stereocenters. The van der Waals surface area contributed by atoms with Crippen LogP contribution in [-0.2, 0) is 6.54 Å². The van der Waals surface area contributed by atoms with Crippen LogP contribution in [0, 0.1) is 0 Å². The Balaban J connectivity index is 2.38. The molecule has 1 aromatic heterocycles. The molecule has 0 saturated heterocycles. The number of aliphatic hydroxyl groups is 1. The number of hydrogen-bond acceptors (Lipinski definition) is 3. The molecule has 0 fully saturated rings. The van der Waals surface area contributed by atoms with Crippen molar-refractivity contribution in [2.75, 3.05) is 0 Å². The zero-order valence-corrected chi connectivity index (χ0v) is 14.5. The zero-order chi connectivity index (χ0) is 15.6. The predicted octanol–water partition coefficient (Wildman–Crippen LogP) is 4.85. The molecular weight excluding hydrogens is 327 g/mol. The van der Waals surface area contributed by atoms with Gasteiger partial charge in [0.15, 0.2) is 0 Å². The predicted molar refractivity (Wildman–Crippen MR) is 88.6 cm³/mol. The van der Waals surface area contributed by atoms with Crippen LogP contribution in [0.5, 0.6) is 0 Å². The van der Waals surface area contributed by atoms with Crippen LogP contribution in [-0.4, -0.2) is 20.8 Å². The lowest BCUT2D eigenvalue weighted by atomic mass is 10.1. The third kappa shape index (κ3) is 4.39. The van der Waals surface area contributed by atoms with Crippen molar-refractivity contribution in [3.05, 3.63) is 40.3 Å². The maximum atomic E-state index is 9.63. The van der Waals surface area contributed by atoms with Crippen LogP contribution < -0.4 is 0 Å². The monoisotopic (exact) mass is 344 g/mol. The normalized spacial score (nSPS) is 12.9. The first-order valence-corrected chi connectivity index (χ1v) is 8.31. The molecule has 0 amide bonds. The van der Waals surface area contributed by atoms with Gasteiger partial charge in [0.25, 0.3) is 0 Å². The highest BCUT2D eigenvalue weighted by Crippen LogP contribution is 2.36. The highest BCUT2D eigenvalue weighted by molar-refractivity contribution is 7.99. The average Bonchev–Trinajstić information content (AvgIpc) is 2.70. The molecule has 0 bridgehead atoms. The minimum atomic E-state index is -0.429. The summed E-state index contributed by atoms with van der Waals surface area (Å²) in [5.41, 5.74) is 1.01. The van der Waals surface area contributed by atoms with Gasteiger partial charge >= 0.3 is 0 Å². The summed E-state index contributed by atoms with van der Waals surface area (Å²) in [6.45, 7) is 6.48. The number of aliphatic hydroxyl groups excluding tert-OH is 1. The highest BCUT2D eigenvalue weighted by Gasteiger charge is 2.16. The van der Waals surface area contributed by atoms with Gasteiger partial charge in [-0.15, -0.1) is 0 Å². The molecule has 2 rings (SSSR count). The first-order chi connectivity index (χ1) is 9.86. The molecule has 1 unspecified atom stereocenters. The van der Waals surface area contributed by atoms with E-state index < -0.39 is 6.10 Å². The van der Waals surface area contributed by atoms with Crippen molar-refractivity contribution >= 4 is 35.0 Å². The number of halogens is 2. The summed E-state index contributed by atoms with van der Waals surface area (Å²) in [6, 6.07) is 5.47. The lowest BCUT2D eigenvalue weighted by Gasteiger charge is -2.13. The second-order valence-electron chi connectivity index (χ2n) is 5.30. The van der Waals surface area contributed by atoms with Crippen LogP contribution in [0.3, 0.4) is 0 Å². The van der Waals surface area contributed by atoms with Crippen LogP contribution in [0.25, 0.3) is 0 Å². The van der Waals surface area contributed by atoms with Crippen molar-refractivity contribution in [3.8, 4) is 0 Å². The van der Waals surface area contributed by atoms with Crippen LogP contribution in [0.15, 0.2) is 34.4 Å². The van der Waals surface area contributed by atoms with Crippen LogP contribution >= 0.6 is 35.0 Å². The van der Waals surface area contributed by atoms with Crippen LogP contribution in [0.2, 0.25) is 10.0 Å². The Morgan fingerprint density at radius 3 is 2.33 bits per heavy atom. The molecule has 0 radical (unpaired) electrons. The fourth-order valence-corrected chi connectivity index (χ4v) is 3.89. The van der Waals surface area contributed by atoms with E-state index in [0.29, 0.717) is 22.5 Å². The SMILES string of the molecule is CC(O)Cn1cnc(C(C)C)c1Sc1cc(Cl)cc(Cl)c1. The summed E-state index contributed by atoms with van der Waals surface area (Å²) >= 11 is 13.7. The third-order valence-electron chi connectivity index (χ3n) is 2.87. The van der Waals surface area contributed by atoms with E-state index in [2.05, 4.69) is 18.8 Å². The van der Waals surface area contributed by atoms with E-state index in [9.17, 15) is 5.11 Å². The van der Waals surface area contributed by atoms with Crippen molar-refractivity contribution in [2.24, 2.45) is 0 Å². The van der Waals surface area contributed by atoms with E-state index >= 15 is 0 Å². The summed E-state index contributed by atoms with van der Waals surface area (Å²) in [4.78, 5) is 5.43. The quantitative estimate of drug-likeness (QED) is 0.842. The molecule has 0 aliphatic rings. The van der Waals surface area contributed by atoms with E-state index in [1.807, 2.05) is 16.7 Å². The van der Waals surface area contributed by atoms with Gasteiger partial charge in [-0.05, 0) is 31.0 Å². The van der Waals surface area contributed by atoms with Gasteiger partial charge in [0.2, 0.25) is 0 Å². The first-order valence-electron chi connectivity index (χ1n) is 6.74. The van der Waals surface area contributed by atoms with Gasteiger partial charge in [0, 0.05) is 14.9 Å². The topological polar surface area (TPSA) is 38.0 Å². The van der Waals surface area contributed by atoms with Gasteiger partial charge < -0.3 is 9.67 Å². The standard InChI is InChI=1S/C15H18Cl2N2OS/c1-9(2)14-15(19(8-18-14)7-10(3)20)21-13-5-11(16)4-12(17)6-13/h4-6,8-10,20H,7H2,1-3H3. The van der Waals surface area contributed by atoms with Gasteiger partial charge in [-0.3, -0.25) is 0 Å². The third-order valence-corrected chi connectivity index (χ3v) is 4.42. The fourth-order valence-electron chi connectivity index (χ4n) is 2.01. The largest absolute Gasteiger partial charge is 0.392 e. The van der Waals surface area contributed by atoms with Crippen molar-refractivity contribution < 1.29 is 5.11 Å². The van der Waals surface area contributed by atoms with Crippen molar-refractivity contribution in [1.29, 1.82) is 0 Å². The Hall–Kier alpha value is -0.680. The molecule has 1 aromatic carbocycles. The molecule has 1 heterocycles. The molecule has 0 spiro atoms. The van der Waals surface area contributed by atoms with E-state index in [4.69, 9.17) is 23.2 Å². The molecule has 21 heavy (non-hydrogen) atoms. The Bertz CT molecular complexity index is 606. The number of aromatic nitrogens is 2. The molecule has 1 N–H and O–H groups in total. The van der Waals surface area contributed by atoms with Gasteiger partial charge in [-0.2, -0.15) is 0 Å². The zero-order valence-electron chi connectivity index (χ0n) is 12.2. The van der Waals surface area contributed by atoms with Crippen molar-refractivity contribution in [2.45, 2.75) is 49.3 Å². The number of imidazole rings is 1. The molecule has 6 heteroatoms. The Kier molecular flexibility index (Phi) is 5.60. The van der Waals surface area contributed by atoms with Crippen molar-refractivity contribution in [3.63, 3.8) is 0 Å². The van der Waals surface area contributed by atoms with Gasteiger partial charge in [0.1, 0.15) is 5.03 Å². The van der Waals surface area contributed by atoms with Gasteiger partial charge in [-0.1, -0.05) is 48.8 Å². The molecule has 2 aromatic rings. The highest BCUT2D eigenvalue weighted by atomic mass is 35.5. The summed E-state index contributed by atoms with van der Waals surface area (Å²) < 4.78 is 1.97. The number of benzene rings is 1. The van der Waals surface area contributed by atoms with E-state index in [0.717, 1.165) is 15.6 Å². The molecule has 0 saturated carbocycles. The van der Waals surface area contributed by atoms with E-state index in [-0.39, 0.29) is 0 Å². The molecule has 0 aliphatic heterocycles. The summed E-state index contributed by atoms with van der Waals surface area (Å²) in [6.07, 6.45) is 1.35. The first kappa shape index (κ1) is 16.7. The summed E-state index contributed by atoms with van der Waals surface area (Å²) in [5, 5.41) is 11.9. The number of rotatable bonds is 5. The second-order valence-corrected chi connectivity index (χ2v) is 7.23. The van der Waals surface area contributed by atoms with Gasteiger partial charge in [0.05, 0.1) is 24.7 Å². The molecule has 3 nitrogen and oxygen atoms in total. The lowest BCUT2D eigenvalue weighted by molar-refractivity contribution is 0.170. The van der Waals surface area contributed by atoms with E-state index in [1.165, 1.54) is 0 Å². The molecule has 114 valence electrons. The molecular formula is C15H18Cl2N2OS. The maximum absolute atomic E-state index is 9.63. The minimum Gasteiger partial charge on any atom is -0.392 e. The van der Waals surface area contributed by atoms with Crippen LogP contribution in [0.1, 0.15) is 32.4 Å². The van der Waals surface area contributed by atoms with E-state index in [1.54, 1.807) is 31.1 Å². The maximum Gasteiger partial charge on any atom is 0.103 e. The smallest absolute Gasteiger partial charge is 0.103 e. The van der Waals surface area contributed by atoms with Crippen LogP contribution in [0.4, 0.5) is 0 Å². The summed E-state index contributed by atoms with van der Waals surface area (Å²) in [5.74, 6) is 0.303. The Morgan fingerprint density at radius 1 is 1.19 bits per heavy atom. The Labute approximate surface area is 139 Å². The Morgan fingerprint density at radius 2 is 1.81 bits per heavy atom. The minimum absolute atomic E-state index is 0.303. The summed E-state index contributed by atoms with van der Waals surface area (Å²) in [7, 11) is 0. The lowest BCUT2D eigenvalue weighted by Crippen LogP contribution is -2.12. The number of nitrogens with zero attached hydrogens (tertiary/aromatic N) is 2. The fraction of sp³-hybridized carbons (Fsp3) is 0.400. The van der Waals surface area contributed by atoms with Crippen molar-refractivity contribution in [1.82, 2.24) is 9.55 Å². The average molecular weight is 345 g/mol. The second kappa shape index (κ2) is 7.05. The number of hydrogen-bond donors (Lipinski definition) is 1. The molecule has 0 aliphatic carbocycles.